The van der Waals surface area contributed by atoms with Crippen LogP contribution in [0.25, 0.3) is 5.70 Å². The lowest BCUT2D eigenvalue weighted by Gasteiger charge is -2.41. The Labute approximate surface area is 175 Å². The fraction of sp³-hybridized carbons (Fsp3) is 0.304. The quantitative estimate of drug-likeness (QED) is 0.681. The molecule has 0 amide bonds. The number of carbonyl (C=O) groups is 1. The zero-order valence-corrected chi connectivity index (χ0v) is 17.4. The number of thioether (sulfide) groups is 1. The molecule has 6 heteroatoms. The van der Waals surface area contributed by atoms with Gasteiger partial charge in [0.2, 0.25) is 0 Å². The maximum absolute atomic E-state index is 13.2. The van der Waals surface area contributed by atoms with E-state index in [2.05, 4.69) is 4.90 Å². The van der Waals surface area contributed by atoms with Gasteiger partial charge < -0.3 is 14.4 Å². The number of fused-ring (bicyclic) bond motifs is 1. The lowest BCUT2D eigenvalue weighted by molar-refractivity contribution is -0.139. The summed E-state index contributed by atoms with van der Waals surface area (Å²) in [7, 11) is 1.65. The molecule has 1 atom stereocenters. The van der Waals surface area contributed by atoms with E-state index >= 15 is 0 Å². The molecular formula is C23H24N2O3S. The molecular weight excluding hydrogens is 384 g/mol. The van der Waals surface area contributed by atoms with Crippen molar-refractivity contribution in [1.29, 1.82) is 0 Å². The summed E-state index contributed by atoms with van der Waals surface area (Å²) in [5, 5.41) is 0.962. The van der Waals surface area contributed by atoms with Crippen LogP contribution in [0.15, 0.2) is 65.2 Å². The van der Waals surface area contributed by atoms with Gasteiger partial charge in [0.1, 0.15) is 5.75 Å². The van der Waals surface area contributed by atoms with Gasteiger partial charge in [0, 0.05) is 17.9 Å². The molecule has 0 bridgehead atoms. The highest BCUT2D eigenvalue weighted by Crippen LogP contribution is 2.43. The second kappa shape index (κ2) is 8.74. The molecule has 0 radical (unpaired) electrons. The number of rotatable bonds is 5. The van der Waals surface area contributed by atoms with Gasteiger partial charge in [-0.15, -0.1) is 0 Å². The van der Waals surface area contributed by atoms with Crippen molar-refractivity contribution in [2.24, 2.45) is 4.99 Å². The summed E-state index contributed by atoms with van der Waals surface area (Å²) in [4.78, 5) is 20.3. The Morgan fingerprint density at radius 1 is 1.17 bits per heavy atom. The molecule has 1 fully saturated rings. The maximum Gasteiger partial charge on any atom is 0.338 e. The highest BCUT2D eigenvalue weighted by Gasteiger charge is 2.39. The van der Waals surface area contributed by atoms with Gasteiger partial charge in [-0.2, -0.15) is 0 Å². The van der Waals surface area contributed by atoms with Crippen molar-refractivity contribution in [3.63, 3.8) is 0 Å². The zero-order valence-electron chi connectivity index (χ0n) is 16.6. The molecule has 0 N–H and O–H groups in total. The number of esters is 1. The highest BCUT2D eigenvalue weighted by atomic mass is 32.2. The summed E-state index contributed by atoms with van der Waals surface area (Å²) in [5.74, 6) is 1.50. The van der Waals surface area contributed by atoms with Gasteiger partial charge in [-0.25, -0.2) is 9.79 Å². The van der Waals surface area contributed by atoms with E-state index in [9.17, 15) is 4.79 Å². The second-order valence-corrected chi connectivity index (χ2v) is 7.88. The second-order valence-electron chi connectivity index (χ2n) is 6.81. The van der Waals surface area contributed by atoms with E-state index in [1.54, 1.807) is 18.9 Å². The Bertz CT molecular complexity index is 938. The smallest absolute Gasteiger partial charge is 0.338 e. The van der Waals surface area contributed by atoms with Crippen LogP contribution in [0.3, 0.4) is 0 Å². The monoisotopic (exact) mass is 408 g/mol. The highest BCUT2D eigenvalue weighted by molar-refractivity contribution is 8.13. The van der Waals surface area contributed by atoms with E-state index in [1.165, 1.54) is 0 Å². The maximum atomic E-state index is 13.2. The molecule has 1 saturated heterocycles. The first-order valence-corrected chi connectivity index (χ1v) is 10.8. The van der Waals surface area contributed by atoms with Crippen molar-refractivity contribution in [3.8, 4) is 5.75 Å². The minimum atomic E-state index is -0.314. The topological polar surface area (TPSA) is 51.1 Å². The molecule has 2 aliphatic heterocycles. The van der Waals surface area contributed by atoms with Crippen LogP contribution in [0, 0.1) is 0 Å². The number of ether oxygens (including phenoxy) is 2. The average molecular weight is 409 g/mol. The first kappa shape index (κ1) is 19.6. The molecule has 2 aromatic carbocycles. The summed E-state index contributed by atoms with van der Waals surface area (Å²) in [6, 6.07) is 17.6. The molecule has 29 heavy (non-hydrogen) atoms. The Hall–Kier alpha value is -2.73. The molecule has 5 nitrogen and oxygen atoms in total. The van der Waals surface area contributed by atoms with Crippen molar-refractivity contribution in [1.82, 2.24) is 4.90 Å². The lowest BCUT2D eigenvalue weighted by atomic mass is 9.91. The third kappa shape index (κ3) is 3.90. The Morgan fingerprint density at radius 3 is 2.62 bits per heavy atom. The predicted octanol–water partition coefficient (Wildman–Crippen LogP) is 4.52. The molecule has 0 saturated carbocycles. The predicted molar refractivity (Wildman–Crippen MR) is 117 cm³/mol. The van der Waals surface area contributed by atoms with Crippen LogP contribution >= 0.6 is 11.8 Å². The fourth-order valence-corrected chi connectivity index (χ4v) is 4.69. The third-order valence-electron chi connectivity index (χ3n) is 5.04. The van der Waals surface area contributed by atoms with E-state index in [1.807, 2.05) is 61.5 Å². The lowest BCUT2D eigenvalue weighted by Crippen LogP contribution is -2.42. The first-order chi connectivity index (χ1) is 14.2. The summed E-state index contributed by atoms with van der Waals surface area (Å²) in [6.07, 6.45) is 1.05. The third-order valence-corrected chi connectivity index (χ3v) is 6.12. The molecule has 150 valence electrons. The van der Waals surface area contributed by atoms with Crippen LogP contribution in [0.5, 0.6) is 5.75 Å². The minimum Gasteiger partial charge on any atom is -0.497 e. The SMILES string of the molecule is CCOC(=O)C1=C(c2ccccc2)N=C2SCCCN2C1c1ccc(OC)cc1. The molecule has 4 rings (SSSR count). The van der Waals surface area contributed by atoms with Gasteiger partial charge in [0.05, 0.1) is 31.0 Å². The van der Waals surface area contributed by atoms with Crippen LogP contribution in [-0.2, 0) is 9.53 Å². The fourth-order valence-electron chi connectivity index (χ4n) is 3.72. The van der Waals surface area contributed by atoms with Crippen molar-refractivity contribution >= 4 is 28.6 Å². The molecule has 2 heterocycles. The Balaban J connectivity index is 1.91. The van der Waals surface area contributed by atoms with E-state index in [-0.39, 0.29) is 12.0 Å². The van der Waals surface area contributed by atoms with E-state index in [0.717, 1.165) is 40.8 Å². The summed E-state index contributed by atoms with van der Waals surface area (Å²) in [5.41, 5.74) is 3.24. The van der Waals surface area contributed by atoms with Crippen LogP contribution in [0.4, 0.5) is 0 Å². The number of carbonyl (C=O) groups excluding carboxylic acids is 1. The van der Waals surface area contributed by atoms with Gasteiger partial charge in [0.15, 0.2) is 5.17 Å². The number of amidine groups is 1. The van der Waals surface area contributed by atoms with Gasteiger partial charge in [-0.1, -0.05) is 54.2 Å². The number of aliphatic imine (C=N–C) groups is 1. The summed E-state index contributed by atoms with van der Waals surface area (Å²) < 4.78 is 10.8. The molecule has 2 aliphatic rings. The van der Waals surface area contributed by atoms with Gasteiger partial charge >= 0.3 is 5.97 Å². The van der Waals surface area contributed by atoms with Crippen molar-refractivity contribution in [2.45, 2.75) is 19.4 Å². The number of methoxy groups -OCH3 is 1. The molecule has 0 aromatic heterocycles. The van der Waals surface area contributed by atoms with Crippen LogP contribution < -0.4 is 4.74 Å². The largest absolute Gasteiger partial charge is 0.497 e. The van der Waals surface area contributed by atoms with Crippen LogP contribution in [0.1, 0.15) is 30.5 Å². The zero-order chi connectivity index (χ0) is 20.2. The van der Waals surface area contributed by atoms with Crippen LogP contribution in [-0.4, -0.2) is 42.1 Å². The number of hydrogen-bond acceptors (Lipinski definition) is 6. The average Bonchev–Trinajstić information content (AvgIpc) is 2.78. The van der Waals surface area contributed by atoms with Crippen molar-refractivity contribution in [3.05, 3.63) is 71.3 Å². The van der Waals surface area contributed by atoms with Crippen LogP contribution in [0.2, 0.25) is 0 Å². The van der Waals surface area contributed by atoms with Gasteiger partial charge in [0.25, 0.3) is 0 Å². The molecule has 2 aromatic rings. The molecule has 0 spiro atoms. The first-order valence-electron chi connectivity index (χ1n) is 9.81. The number of hydrogen-bond donors (Lipinski definition) is 0. The van der Waals surface area contributed by atoms with Gasteiger partial charge in [-0.3, -0.25) is 0 Å². The Kier molecular flexibility index (Phi) is 5.90. The van der Waals surface area contributed by atoms with E-state index < -0.39 is 0 Å². The Morgan fingerprint density at radius 2 is 1.93 bits per heavy atom. The minimum absolute atomic E-state index is 0.240. The number of benzene rings is 2. The molecule has 1 unspecified atom stereocenters. The van der Waals surface area contributed by atoms with Gasteiger partial charge in [-0.05, 0) is 31.0 Å². The standard InChI is InChI=1S/C23H24N2O3S/c1-3-28-22(26)19-20(16-8-5-4-6-9-16)24-23-25(14-7-15-29-23)21(19)17-10-12-18(27-2)13-11-17/h4-6,8-13,21H,3,7,14-15H2,1-2H3. The van der Waals surface area contributed by atoms with Crippen molar-refractivity contribution in [2.75, 3.05) is 26.0 Å². The van der Waals surface area contributed by atoms with E-state index in [0.29, 0.717) is 17.9 Å². The molecule has 0 aliphatic carbocycles. The summed E-state index contributed by atoms with van der Waals surface area (Å²) in [6.45, 7) is 3.01. The van der Waals surface area contributed by atoms with E-state index in [4.69, 9.17) is 14.5 Å². The number of nitrogens with zero attached hydrogens (tertiary/aromatic N) is 2. The van der Waals surface area contributed by atoms with Crippen molar-refractivity contribution < 1.29 is 14.3 Å². The normalized spacial score (nSPS) is 18.8. The summed E-state index contributed by atoms with van der Waals surface area (Å²) >= 11 is 1.74.